The topological polar surface area (TPSA) is 62.3 Å². The van der Waals surface area contributed by atoms with Crippen LogP contribution in [0, 0.1) is 6.92 Å². The number of rotatable bonds is 2. The summed E-state index contributed by atoms with van der Waals surface area (Å²) in [7, 11) is 0. The van der Waals surface area contributed by atoms with Crippen molar-refractivity contribution in [3.63, 3.8) is 0 Å². The number of pyridine rings is 1. The van der Waals surface area contributed by atoms with Crippen LogP contribution < -0.4 is 10.2 Å². The van der Waals surface area contributed by atoms with Crippen LogP contribution in [0.5, 0.6) is 0 Å². The molecule has 1 aromatic heterocycles. The molecule has 0 saturated carbocycles. The van der Waals surface area contributed by atoms with E-state index in [1.54, 1.807) is 6.20 Å². The maximum atomic E-state index is 12.1. The minimum atomic E-state index is -0.419. The fraction of sp³-hybridized carbons (Fsp3) is 0.417. The lowest BCUT2D eigenvalue weighted by Crippen LogP contribution is -2.58. The van der Waals surface area contributed by atoms with Crippen molar-refractivity contribution in [3.05, 3.63) is 24.0 Å². The third-order valence-corrected chi connectivity index (χ3v) is 2.82. The maximum Gasteiger partial charge on any atom is 0.250 e. The average molecular weight is 233 g/mol. The van der Waals surface area contributed by atoms with Crippen LogP contribution in [0.2, 0.25) is 0 Å². The Kier molecular flexibility index (Phi) is 3.08. The van der Waals surface area contributed by atoms with Crippen molar-refractivity contribution in [2.45, 2.75) is 26.3 Å². The number of aryl methyl sites for hydroxylation is 1. The summed E-state index contributed by atoms with van der Waals surface area (Å²) >= 11 is 0. The molecule has 0 radical (unpaired) electrons. The molecule has 0 aromatic carbocycles. The lowest BCUT2D eigenvalue weighted by Gasteiger charge is -2.31. The molecule has 5 nitrogen and oxygen atoms in total. The van der Waals surface area contributed by atoms with Crippen LogP contribution in [-0.2, 0) is 9.59 Å². The van der Waals surface area contributed by atoms with Gasteiger partial charge in [0.2, 0.25) is 11.8 Å². The molecule has 2 heterocycles. The Labute approximate surface area is 99.8 Å². The molecule has 2 rings (SSSR count). The summed E-state index contributed by atoms with van der Waals surface area (Å²) in [6, 6.07) is 3.22. The largest absolute Gasteiger partial charge is 0.343 e. The molecule has 0 bridgehead atoms. The zero-order valence-corrected chi connectivity index (χ0v) is 9.93. The number of hydrogen-bond acceptors (Lipinski definition) is 3. The number of anilines is 1. The highest BCUT2D eigenvalue weighted by molar-refractivity contribution is 6.06. The molecule has 5 heteroatoms. The summed E-state index contributed by atoms with van der Waals surface area (Å²) in [6.45, 7) is 3.82. The van der Waals surface area contributed by atoms with Crippen LogP contribution in [0.25, 0.3) is 0 Å². The minimum absolute atomic E-state index is 0.0695. The minimum Gasteiger partial charge on any atom is -0.343 e. The highest BCUT2D eigenvalue weighted by Crippen LogP contribution is 2.17. The predicted molar refractivity (Wildman–Crippen MR) is 63.5 cm³/mol. The van der Waals surface area contributed by atoms with Crippen molar-refractivity contribution >= 4 is 17.5 Å². The second kappa shape index (κ2) is 4.53. The number of nitrogens with zero attached hydrogens (tertiary/aromatic N) is 2. The smallest absolute Gasteiger partial charge is 0.250 e. The van der Waals surface area contributed by atoms with Crippen LogP contribution in [0.1, 0.15) is 19.0 Å². The maximum absolute atomic E-state index is 12.1. The monoisotopic (exact) mass is 233 g/mol. The van der Waals surface area contributed by atoms with Gasteiger partial charge in [0, 0.05) is 5.69 Å². The first-order valence-electron chi connectivity index (χ1n) is 5.65. The molecule has 1 fully saturated rings. The molecular weight excluding hydrogens is 218 g/mol. The normalized spacial score (nSPS) is 20.4. The van der Waals surface area contributed by atoms with E-state index in [-0.39, 0.29) is 18.4 Å². The van der Waals surface area contributed by atoms with Crippen LogP contribution in [0.15, 0.2) is 18.3 Å². The van der Waals surface area contributed by atoms with E-state index in [9.17, 15) is 9.59 Å². The fourth-order valence-electron chi connectivity index (χ4n) is 1.83. The molecule has 1 N–H and O–H groups in total. The van der Waals surface area contributed by atoms with Gasteiger partial charge in [-0.2, -0.15) is 0 Å². The molecule has 17 heavy (non-hydrogen) atoms. The molecule has 0 spiro atoms. The van der Waals surface area contributed by atoms with Crippen molar-refractivity contribution in [1.29, 1.82) is 0 Å². The van der Waals surface area contributed by atoms with Crippen molar-refractivity contribution in [3.8, 4) is 0 Å². The van der Waals surface area contributed by atoms with Gasteiger partial charge in [-0.3, -0.25) is 19.5 Å². The van der Waals surface area contributed by atoms with Crippen molar-refractivity contribution in [2.24, 2.45) is 0 Å². The number of piperazine rings is 1. The highest BCUT2D eigenvalue weighted by Gasteiger charge is 2.32. The second-order valence-electron chi connectivity index (χ2n) is 4.11. The van der Waals surface area contributed by atoms with Crippen molar-refractivity contribution in [1.82, 2.24) is 10.3 Å². The number of carbonyl (C=O) groups excluding carboxylic acids is 2. The Bertz CT molecular complexity index is 442. The van der Waals surface area contributed by atoms with E-state index in [1.165, 1.54) is 4.90 Å². The first-order valence-corrected chi connectivity index (χ1v) is 5.65. The summed E-state index contributed by atoms with van der Waals surface area (Å²) in [5.41, 5.74) is 1.56. The van der Waals surface area contributed by atoms with Gasteiger partial charge in [0.25, 0.3) is 0 Å². The molecule has 1 aliphatic rings. The number of nitrogens with one attached hydrogen (secondary N) is 1. The molecular formula is C12H15N3O2. The predicted octanol–water partition coefficient (Wildman–Crippen LogP) is 0.631. The van der Waals surface area contributed by atoms with E-state index >= 15 is 0 Å². The second-order valence-corrected chi connectivity index (χ2v) is 4.11. The van der Waals surface area contributed by atoms with Gasteiger partial charge in [-0.1, -0.05) is 6.92 Å². The summed E-state index contributed by atoms with van der Waals surface area (Å²) in [4.78, 5) is 29.2. The highest BCUT2D eigenvalue weighted by atomic mass is 16.2. The number of carbonyl (C=O) groups is 2. The summed E-state index contributed by atoms with van der Waals surface area (Å²) in [5.74, 6) is -0.199. The van der Waals surface area contributed by atoms with Crippen molar-refractivity contribution in [2.75, 3.05) is 11.4 Å². The molecule has 0 aliphatic carbocycles. The van der Waals surface area contributed by atoms with E-state index in [0.717, 1.165) is 5.69 Å². The molecule has 1 aromatic rings. The fourth-order valence-corrected chi connectivity index (χ4v) is 1.83. The lowest BCUT2D eigenvalue weighted by atomic mass is 10.1. The van der Waals surface area contributed by atoms with Crippen molar-refractivity contribution < 1.29 is 9.59 Å². The Morgan fingerprint density at radius 2 is 2.24 bits per heavy atom. The Morgan fingerprint density at radius 1 is 1.47 bits per heavy atom. The number of hydrogen-bond donors (Lipinski definition) is 1. The van der Waals surface area contributed by atoms with E-state index in [2.05, 4.69) is 10.3 Å². The van der Waals surface area contributed by atoms with Gasteiger partial charge >= 0.3 is 0 Å². The molecule has 2 amide bonds. The van der Waals surface area contributed by atoms with Gasteiger partial charge < -0.3 is 5.32 Å². The van der Waals surface area contributed by atoms with Crippen LogP contribution in [0.3, 0.4) is 0 Å². The third-order valence-electron chi connectivity index (χ3n) is 2.82. The average Bonchev–Trinajstić information content (AvgIpc) is 2.33. The molecule has 1 unspecified atom stereocenters. The molecule has 1 aliphatic heterocycles. The van der Waals surface area contributed by atoms with Gasteiger partial charge in [-0.25, -0.2) is 0 Å². The van der Waals surface area contributed by atoms with Crippen LogP contribution in [-0.4, -0.2) is 29.4 Å². The van der Waals surface area contributed by atoms with Gasteiger partial charge in [-0.15, -0.1) is 0 Å². The molecule has 90 valence electrons. The Hall–Kier alpha value is -1.91. The molecule has 1 atom stereocenters. The SMILES string of the molecule is CCC1NC(=O)CN(c2ccc(C)nc2)C1=O. The zero-order valence-electron chi connectivity index (χ0n) is 9.93. The Morgan fingerprint density at radius 3 is 2.82 bits per heavy atom. The third kappa shape index (κ3) is 2.27. The quantitative estimate of drug-likeness (QED) is 0.815. The first kappa shape index (κ1) is 11.6. The van der Waals surface area contributed by atoms with Crippen LogP contribution >= 0.6 is 0 Å². The summed E-state index contributed by atoms with van der Waals surface area (Å²) < 4.78 is 0. The first-order chi connectivity index (χ1) is 8.11. The van der Waals surface area contributed by atoms with E-state index in [4.69, 9.17) is 0 Å². The molecule has 1 saturated heterocycles. The van der Waals surface area contributed by atoms with E-state index in [1.807, 2.05) is 26.0 Å². The van der Waals surface area contributed by atoms with Gasteiger partial charge in [-0.05, 0) is 25.5 Å². The van der Waals surface area contributed by atoms with Gasteiger partial charge in [0.1, 0.15) is 12.6 Å². The van der Waals surface area contributed by atoms with Crippen LogP contribution in [0.4, 0.5) is 5.69 Å². The van der Waals surface area contributed by atoms with E-state index in [0.29, 0.717) is 12.1 Å². The Balaban J connectivity index is 2.27. The summed E-state index contributed by atoms with van der Waals surface area (Å²) in [5, 5.41) is 2.68. The number of aromatic nitrogens is 1. The number of amides is 2. The standard InChI is InChI=1S/C12H15N3O2/c1-3-10-12(17)15(7-11(16)14-10)9-5-4-8(2)13-6-9/h4-6,10H,3,7H2,1-2H3,(H,14,16). The zero-order chi connectivity index (χ0) is 12.4. The summed E-state index contributed by atoms with van der Waals surface area (Å²) in [6.07, 6.45) is 2.22. The lowest BCUT2D eigenvalue weighted by molar-refractivity contribution is -0.131. The van der Waals surface area contributed by atoms with Gasteiger partial charge in [0.15, 0.2) is 0 Å². The van der Waals surface area contributed by atoms with Gasteiger partial charge in [0.05, 0.1) is 11.9 Å². The van der Waals surface area contributed by atoms with E-state index < -0.39 is 6.04 Å².